The van der Waals surface area contributed by atoms with Gasteiger partial charge in [-0.2, -0.15) is 11.3 Å². The zero-order chi connectivity index (χ0) is 15.4. The van der Waals surface area contributed by atoms with Gasteiger partial charge < -0.3 is 15.1 Å². The van der Waals surface area contributed by atoms with E-state index in [1.54, 1.807) is 17.7 Å². The molecule has 2 N–H and O–H groups in total. The monoisotopic (exact) mass is 318 g/mol. The highest BCUT2D eigenvalue weighted by Crippen LogP contribution is 2.30. The normalized spacial score (nSPS) is 16.8. The smallest absolute Gasteiger partial charge is 0.252 e. The third kappa shape index (κ3) is 3.39. The molecule has 0 aliphatic heterocycles. The van der Waals surface area contributed by atoms with Gasteiger partial charge in [0, 0.05) is 35.9 Å². The molecule has 22 heavy (non-hydrogen) atoms. The van der Waals surface area contributed by atoms with Gasteiger partial charge in [0.25, 0.3) is 5.91 Å². The number of thiophene rings is 1. The second-order valence-electron chi connectivity index (χ2n) is 5.33. The summed E-state index contributed by atoms with van der Waals surface area (Å²) in [6.07, 6.45) is 4.83. The van der Waals surface area contributed by atoms with E-state index in [0.29, 0.717) is 12.1 Å². The van der Waals surface area contributed by atoms with Crippen LogP contribution < -0.4 is 10.6 Å². The first-order chi connectivity index (χ1) is 10.7. The lowest BCUT2D eigenvalue weighted by atomic mass is 9.93. The highest BCUT2D eigenvalue weighted by molar-refractivity contribution is 7.08. The molecule has 0 bridgehead atoms. The number of furan rings is 1. The summed E-state index contributed by atoms with van der Waals surface area (Å²) in [6, 6.07) is 3.72. The van der Waals surface area contributed by atoms with Gasteiger partial charge in [-0.1, -0.05) is 0 Å². The van der Waals surface area contributed by atoms with Crippen LogP contribution in [0.1, 0.15) is 47.0 Å². The van der Waals surface area contributed by atoms with E-state index in [2.05, 4.69) is 10.6 Å². The van der Waals surface area contributed by atoms with Gasteiger partial charge >= 0.3 is 0 Å². The second-order valence-corrected chi connectivity index (χ2v) is 6.11. The van der Waals surface area contributed by atoms with Gasteiger partial charge in [-0.25, -0.2) is 0 Å². The van der Waals surface area contributed by atoms with Gasteiger partial charge in [-0.05, 0) is 30.4 Å². The van der Waals surface area contributed by atoms with Crippen LogP contribution in [0.5, 0.6) is 0 Å². The Bertz CT molecular complexity index is 648. The summed E-state index contributed by atoms with van der Waals surface area (Å²) >= 11 is 1.48. The van der Waals surface area contributed by atoms with Crippen molar-refractivity contribution in [3.63, 3.8) is 0 Å². The lowest BCUT2D eigenvalue weighted by molar-refractivity contribution is -0.121. The quantitative estimate of drug-likeness (QED) is 0.890. The van der Waals surface area contributed by atoms with Crippen LogP contribution in [0, 0.1) is 0 Å². The number of carbonyl (C=O) groups excluding carboxylic acids is 2. The summed E-state index contributed by atoms with van der Waals surface area (Å²) in [6.45, 7) is 0.339. The fourth-order valence-corrected chi connectivity index (χ4v) is 3.32. The highest BCUT2D eigenvalue weighted by Gasteiger charge is 2.23. The van der Waals surface area contributed by atoms with Crippen LogP contribution in [-0.4, -0.2) is 18.4 Å². The average molecular weight is 318 g/mol. The van der Waals surface area contributed by atoms with Gasteiger partial charge in [-0.3, -0.25) is 9.59 Å². The summed E-state index contributed by atoms with van der Waals surface area (Å²) in [4.78, 5) is 23.8. The van der Waals surface area contributed by atoms with Crippen molar-refractivity contribution in [2.24, 2.45) is 0 Å². The van der Waals surface area contributed by atoms with Crippen molar-refractivity contribution < 1.29 is 14.0 Å². The molecule has 5 nitrogen and oxygen atoms in total. The Morgan fingerprint density at radius 2 is 2.27 bits per heavy atom. The molecule has 0 radical (unpaired) electrons. The number of aryl methyl sites for hydroxylation is 1. The van der Waals surface area contributed by atoms with Crippen molar-refractivity contribution in [1.29, 1.82) is 0 Å². The summed E-state index contributed by atoms with van der Waals surface area (Å²) < 4.78 is 5.41. The summed E-state index contributed by atoms with van der Waals surface area (Å²) in [5, 5.41) is 9.42. The van der Waals surface area contributed by atoms with E-state index in [1.807, 2.05) is 11.4 Å². The molecule has 0 fully saturated rings. The minimum Gasteiger partial charge on any atom is -0.469 e. The molecule has 2 heterocycles. The largest absolute Gasteiger partial charge is 0.469 e. The van der Waals surface area contributed by atoms with Crippen molar-refractivity contribution in [3.8, 4) is 0 Å². The first-order valence-electron chi connectivity index (χ1n) is 7.40. The maximum absolute atomic E-state index is 12.0. The van der Waals surface area contributed by atoms with Crippen LogP contribution in [0.4, 0.5) is 0 Å². The van der Waals surface area contributed by atoms with E-state index in [4.69, 9.17) is 4.42 Å². The molecular weight excluding hydrogens is 300 g/mol. The van der Waals surface area contributed by atoms with Crippen molar-refractivity contribution in [3.05, 3.63) is 46.0 Å². The van der Waals surface area contributed by atoms with Gasteiger partial charge in [0.05, 0.1) is 12.3 Å². The Morgan fingerprint density at radius 3 is 3.09 bits per heavy atom. The Kier molecular flexibility index (Phi) is 4.58. The fourth-order valence-electron chi connectivity index (χ4n) is 2.69. The van der Waals surface area contributed by atoms with E-state index < -0.39 is 0 Å². The molecule has 3 rings (SSSR count). The SMILES string of the molecule is O=C(CCNC(=O)c1ccsc1)NC1CCCc2occc21. The maximum atomic E-state index is 12.0. The number of hydrogen-bond acceptors (Lipinski definition) is 4. The number of nitrogens with one attached hydrogen (secondary N) is 2. The van der Waals surface area contributed by atoms with E-state index in [1.165, 1.54) is 11.3 Å². The van der Waals surface area contributed by atoms with Crippen molar-refractivity contribution >= 4 is 23.2 Å². The fraction of sp³-hybridized carbons (Fsp3) is 0.375. The summed E-state index contributed by atoms with van der Waals surface area (Å²) in [5.74, 6) is 0.788. The summed E-state index contributed by atoms with van der Waals surface area (Å²) in [7, 11) is 0. The minimum atomic E-state index is -0.135. The van der Waals surface area contributed by atoms with Crippen LogP contribution in [0.2, 0.25) is 0 Å². The number of rotatable bonds is 5. The lowest BCUT2D eigenvalue weighted by Crippen LogP contribution is -2.33. The molecule has 1 aliphatic carbocycles. The number of fused-ring (bicyclic) bond motifs is 1. The molecule has 0 aromatic carbocycles. The number of amides is 2. The van der Waals surface area contributed by atoms with E-state index in [-0.39, 0.29) is 24.3 Å². The number of carbonyl (C=O) groups is 2. The standard InChI is InChI=1S/C16H18N2O3S/c19-15(4-7-17-16(20)11-6-9-22-10-11)18-13-2-1-3-14-12(13)5-8-21-14/h5-6,8-10,13H,1-4,7H2,(H,17,20)(H,18,19). The summed E-state index contributed by atoms with van der Waals surface area (Å²) in [5.41, 5.74) is 1.72. The molecule has 1 atom stereocenters. The van der Waals surface area contributed by atoms with Crippen molar-refractivity contribution in [2.45, 2.75) is 31.7 Å². The third-order valence-corrected chi connectivity index (χ3v) is 4.49. The van der Waals surface area contributed by atoms with Crippen molar-refractivity contribution in [1.82, 2.24) is 10.6 Å². The molecule has 2 aromatic rings. The maximum Gasteiger partial charge on any atom is 0.252 e. The van der Waals surface area contributed by atoms with Crippen molar-refractivity contribution in [2.75, 3.05) is 6.54 Å². The van der Waals surface area contributed by atoms with Crippen LogP contribution in [0.15, 0.2) is 33.6 Å². The highest BCUT2D eigenvalue weighted by atomic mass is 32.1. The zero-order valence-electron chi connectivity index (χ0n) is 12.1. The lowest BCUT2D eigenvalue weighted by Gasteiger charge is -2.22. The van der Waals surface area contributed by atoms with Crippen LogP contribution in [0.3, 0.4) is 0 Å². The predicted molar refractivity (Wildman–Crippen MR) is 83.8 cm³/mol. The van der Waals surface area contributed by atoms with Gasteiger partial charge in [0.2, 0.25) is 5.91 Å². The topological polar surface area (TPSA) is 71.3 Å². The Balaban J connectivity index is 1.45. The molecule has 2 aromatic heterocycles. The van der Waals surface area contributed by atoms with Gasteiger partial charge in [-0.15, -0.1) is 0 Å². The molecule has 0 saturated heterocycles. The van der Waals surface area contributed by atoms with Crippen LogP contribution >= 0.6 is 11.3 Å². The Labute approximate surface area is 132 Å². The molecule has 1 aliphatic rings. The first kappa shape index (κ1) is 14.8. The van der Waals surface area contributed by atoms with E-state index in [0.717, 1.165) is 30.6 Å². The van der Waals surface area contributed by atoms with Crippen LogP contribution in [-0.2, 0) is 11.2 Å². The predicted octanol–water partition coefficient (Wildman–Crippen LogP) is 2.65. The first-order valence-corrected chi connectivity index (χ1v) is 8.34. The molecule has 1 unspecified atom stereocenters. The van der Waals surface area contributed by atoms with Gasteiger partial charge in [0.15, 0.2) is 0 Å². The Hall–Kier alpha value is -2.08. The number of hydrogen-bond donors (Lipinski definition) is 2. The molecule has 2 amide bonds. The third-order valence-electron chi connectivity index (χ3n) is 3.81. The average Bonchev–Trinajstić information content (AvgIpc) is 3.19. The second kappa shape index (κ2) is 6.79. The molecule has 116 valence electrons. The minimum absolute atomic E-state index is 0.0302. The van der Waals surface area contributed by atoms with E-state index >= 15 is 0 Å². The zero-order valence-corrected chi connectivity index (χ0v) is 12.9. The molecule has 0 spiro atoms. The molecule has 0 saturated carbocycles. The molecule has 6 heteroatoms. The Morgan fingerprint density at radius 1 is 1.36 bits per heavy atom. The molecular formula is C16H18N2O3S. The van der Waals surface area contributed by atoms with Crippen LogP contribution in [0.25, 0.3) is 0 Å². The van der Waals surface area contributed by atoms with E-state index in [9.17, 15) is 9.59 Å². The van der Waals surface area contributed by atoms with Gasteiger partial charge in [0.1, 0.15) is 5.76 Å².